The molecule has 0 heterocycles. The molecule has 1 rings (SSSR count). The molecule has 0 bridgehead atoms. The Hall–Kier alpha value is -1.22. The molecule has 1 N–H and O–H groups in total. The summed E-state index contributed by atoms with van der Waals surface area (Å²) in [6, 6.07) is 8.36. The molecule has 0 saturated carbocycles. The Bertz CT molecular complexity index is 328. The molecule has 0 aromatic heterocycles. The van der Waals surface area contributed by atoms with Gasteiger partial charge in [-0.25, -0.2) is 0 Å². The number of hydrogen-bond donors (Lipinski definition) is 1. The molecule has 1 aromatic carbocycles. The molecule has 1 atom stereocenters. The topological polar surface area (TPSA) is 30.5 Å². The van der Waals surface area contributed by atoms with Gasteiger partial charge in [0.25, 0.3) is 0 Å². The molecule has 0 saturated heterocycles. The molecule has 18 heavy (non-hydrogen) atoms. The zero-order valence-electron chi connectivity index (χ0n) is 11.7. The zero-order chi connectivity index (χ0) is 13.2. The van der Waals surface area contributed by atoms with Crippen molar-refractivity contribution in [2.24, 2.45) is 0 Å². The number of rotatable bonds is 9. The molecule has 0 fully saturated rings. The number of methoxy groups -OCH3 is 1. The molecule has 1 unspecified atom stereocenters. The van der Waals surface area contributed by atoms with Gasteiger partial charge in [-0.05, 0) is 37.9 Å². The fourth-order valence-electron chi connectivity index (χ4n) is 1.95. The normalized spacial score (nSPS) is 12.2. The molecule has 0 aliphatic rings. The van der Waals surface area contributed by atoms with Crippen LogP contribution in [0.1, 0.15) is 33.1 Å². The Kier molecular flexibility index (Phi) is 7.26. The molecule has 102 valence electrons. The van der Waals surface area contributed by atoms with Gasteiger partial charge in [-0.1, -0.05) is 19.9 Å². The van der Waals surface area contributed by atoms with Gasteiger partial charge in [0.1, 0.15) is 11.5 Å². The molecule has 3 heteroatoms. The number of benzene rings is 1. The Labute approximate surface area is 110 Å². The molecule has 1 aromatic rings. The van der Waals surface area contributed by atoms with Crippen LogP contribution in [0, 0.1) is 0 Å². The van der Waals surface area contributed by atoms with E-state index >= 15 is 0 Å². The third-order valence-corrected chi connectivity index (χ3v) is 2.99. The molecule has 0 aliphatic carbocycles. The van der Waals surface area contributed by atoms with E-state index in [4.69, 9.17) is 9.47 Å². The Morgan fingerprint density at radius 3 is 2.67 bits per heavy atom. The predicted octanol–water partition coefficient (Wildman–Crippen LogP) is 3.24. The van der Waals surface area contributed by atoms with Gasteiger partial charge in [-0.15, -0.1) is 0 Å². The summed E-state index contributed by atoms with van der Waals surface area (Å²) in [5, 5.41) is 3.47. The first kappa shape index (κ1) is 14.8. The Morgan fingerprint density at radius 1 is 1.22 bits per heavy atom. The third kappa shape index (κ3) is 5.41. The van der Waals surface area contributed by atoms with Gasteiger partial charge in [-0.3, -0.25) is 0 Å². The van der Waals surface area contributed by atoms with Crippen molar-refractivity contribution >= 4 is 0 Å². The Balaban J connectivity index is 2.24. The second-order valence-electron chi connectivity index (χ2n) is 4.33. The average Bonchev–Trinajstić information content (AvgIpc) is 2.42. The second-order valence-corrected chi connectivity index (χ2v) is 4.33. The minimum absolute atomic E-state index is 0.615. The van der Waals surface area contributed by atoms with Gasteiger partial charge < -0.3 is 14.8 Å². The van der Waals surface area contributed by atoms with Crippen LogP contribution in [0.5, 0.6) is 11.5 Å². The van der Waals surface area contributed by atoms with Crippen molar-refractivity contribution in [3.8, 4) is 11.5 Å². The van der Waals surface area contributed by atoms with Crippen LogP contribution in [-0.4, -0.2) is 26.3 Å². The second kappa shape index (κ2) is 8.81. The van der Waals surface area contributed by atoms with Gasteiger partial charge in [0.05, 0.1) is 13.7 Å². The molecular formula is C15H25NO2. The van der Waals surface area contributed by atoms with E-state index in [1.807, 2.05) is 24.3 Å². The highest BCUT2D eigenvalue weighted by Gasteiger charge is 2.04. The highest BCUT2D eigenvalue weighted by molar-refractivity contribution is 5.32. The summed E-state index contributed by atoms with van der Waals surface area (Å²) in [5.41, 5.74) is 0. The summed E-state index contributed by atoms with van der Waals surface area (Å²) in [7, 11) is 1.67. The van der Waals surface area contributed by atoms with E-state index in [1.165, 1.54) is 6.42 Å². The van der Waals surface area contributed by atoms with Gasteiger partial charge in [0.2, 0.25) is 0 Å². The van der Waals surface area contributed by atoms with Crippen molar-refractivity contribution in [1.29, 1.82) is 0 Å². The molecular weight excluding hydrogens is 226 g/mol. The zero-order valence-corrected chi connectivity index (χ0v) is 11.7. The van der Waals surface area contributed by atoms with Crippen molar-refractivity contribution in [2.75, 3.05) is 20.3 Å². The van der Waals surface area contributed by atoms with E-state index in [-0.39, 0.29) is 0 Å². The van der Waals surface area contributed by atoms with Crippen molar-refractivity contribution in [2.45, 2.75) is 39.2 Å². The first-order chi connectivity index (χ1) is 8.80. The first-order valence-corrected chi connectivity index (χ1v) is 6.80. The largest absolute Gasteiger partial charge is 0.497 e. The lowest BCUT2D eigenvalue weighted by Crippen LogP contribution is -2.28. The lowest BCUT2D eigenvalue weighted by molar-refractivity contribution is 0.293. The number of nitrogens with one attached hydrogen (secondary N) is 1. The smallest absolute Gasteiger partial charge is 0.122 e. The molecule has 0 amide bonds. The maximum Gasteiger partial charge on any atom is 0.122 e. The fourth-order valence-corrected chi connectivity index (χ4v) is 1.95. The highest BCUT2D eigenvalue weighted by atomic mass is 16.5. The van der Waals surface area contributed by atoms with Crippen LogP contribution in [0.15, 0.2) is 24.3 Å². The maximum absolute atomic E-state index is 5.71. The average molecular weight is 251 g/mol. The van der Waals surface area contributed by atoms with Crippen molar-refractivity contribution in [1.82, 2.24) is 5.32 Å². The summed E-state index contributed by atoms with van der Waals surface area (Å²) >= 11 is 0. The monoisotopic (exact) mass is 251 g/mol. The van der Waals surface area contributed by atoms with Crippen molar-refractivity contribution in [3.05, 3.63) is 24.3 Å². The first-order valence-electron chi connectivity index (χ1n) is 6.80. The van der Waals surface area contributed by atoms with Gasteiger partial charge in [-0.2, -0.15) is 0 Å². The van der Waals surface area contributed by atoms with Crippen LogP contribution < -0.4 is 14.8 Å². The molecule has 0 radical (unpaired) electrons. The van der Waals surface area contributed by atoms with E-state index in [2.05, 4.69) is 19.2 Å². The summed E-state index contributed by atoms with van der Waals surface area (Å²) in [5.74, 6) is 1.72. The van der Waals surface area contributed by atoms with Crippen LogP contribution in [0.4, 0.5) is 0 Å². The van der Waals surface area contributed by atoms with E-state index in [1.54, 1.807) is 7.11 Å². The van der Waals surface area contributed by atoms with Crippen LogP contribution >= 0.6 is 0 Å². The molecule has 0 aliphatic heterocycles. The van der Waals surface area contributed by atoms with E-state index in [0.717, 1.165) is 37.5 Å². The van der Waals surface area contributed by atoms with Crippen LogP contribution in [0.25, 0.3) is 0 Å². The van der Waals surface area contributed by atoms with E-state index in [0.29, 0.717) is 6.04 Å². The summed E-state index contributed by atoms with van der Waals surface area (Å²) in [4.78, 5) is 0. The number of ether oxygens (including phenoxy) is 2. The van der Waals surface area contributed by atoms with E-state index in [9.17, 15) is 0 Å². The number of hydrogen-bond acceptors (Lipinski definition) is 3. The standard InChI is InChI=1S/C15H25NO2/c1-4-13(16-5-2)8-7-11-18-15-10-6-9-14(12-15)17-3/h6,9-10,12-13,16H,4-5,7-8,11H2,1-3H3. The molecule has 0 spiro atoms. The summed E-state index contributed by atoms with van der Waals surface area (Å²) in [6.07, 6.45) is 3.41. The van der Waals surface area contributed by atoms with Crippen LogP contribution in [0.2, 0.25) is 0 Å². The van der Waals surface area contributed by atoms with Gasteiger partial charge >= 0.3 is 0 Å². The van der Waals surface area contributed by atoms with Gasteiger partial charge in [0, 0.05) is 12.1 Å². The minimum atomic E-state index is 0.615. The SMILES string of the molecule is CCNC(CC)CCCOc1cccc(OC)c1. The van der Waals surface area contributed by atoms with E-state index < -0.39 is 0 Å². The van der Waals surface area contributed by atoms with Crippen molar-refractivity contribution < 1.29 is 9.47 Å². The lowest BCUT2D eigenvalue weighted by Gasteiger charge is -2.15. The lowest BCUT2D eigenvalue weighted by atomic mass is 10.1. The fraction of sp³-hybridized carbons (Fsp3) is 0.600. The summed E-state index contributed by atoms with van der Waals surface area (Å²) in [6.45, 7) is 6.16. The summed E-state index contributed by atoms with van der Waals surface area (Å²) < 4.78 is 10.9. The Morgan fingerprint density at radius 2 is 2.00 bits per heavy atom. The predicted molar refractivity (Wildman–Crippen MR) is 75.5 cm³/mol. The van der Waals surface area contributed by atoms with Crippen molar-refractivity contribution in [3.63, 3.8) is 0 Å². The van der Waals surface area contributed by atoms with Crippen LogP contribution in [0.3, 0.4) is 0 Å². The molecule has 3 nitrogen and oxygen atoms in total. The third-order valence-electron chi connectivity index (χ3n) is 2.99. The van der Waals surface area contributed by atoms with Gasteiger partial charge in [0.15, 0.2) is 0 Å². The quantitative estimate of drug-likeness (QED) is 0.683. The highest BCUT2D eigenvalue weighted by Crippen LogP contribution is 2.19. The van der Waals surface area contributed by atoms with Crippen LogP contribution in [-0.2, 0) is 0 Å². The minimum Gasteiger partial charge on any atom is -0.497 e. The maximum atomic E-state index is 5.71.